The van der Waals surface area contributed by atoms with E-state index in [1.807, 2.05) is 0 Å². The molecule has 1 aromatic carbocycles. The fourth-order valence-corrected chi connectivity index (χ4v) is 3.28. The number of para-hydroxylation sites is 1. The summed E-state index contributed by atoms with van der Waals surface area (Å²) in [5.74, 6) is -1.02. The van der Waals surface area contributed by atoms with Crippen LogP contribution in [0.25, 0.3) is 0 Å². The summed E-state index contributed by atoms with van der Waals surface area (Å²) < 4.78 is 70.6. The molecule has 1 aliphatic rings. The second-order valence-electron chi connectivity index (χ2n) is 6.02. The van der Waals surface area contributed by atoms with Gasteiger partial charge in [-0.15, -0.1) is 0 Å². The monoisotopic (exact) mass is 404 g/mol. The number of alkyl halides is 3. The third-order valence-corrected chi connectivity index (χ3v) is 4.96. The van der Waals surface area contributed by atoms with Crippen molar-refractivity contribution in [1.82, 2.24) is 0 Å². The molecule has 1 aromatic rings. The predicted molar refractivity (Wildman–Crippen MR) is 92.4 cm³/mol. The van der Waals surface area contributed by atoms with Crippen LogP contribution in [0.3, 0.4) is 0 Å². The number of carbonyl (C=O) groups is 1. The van der Waals surface area contributed by atoms with Crippen molar-refractivity contribution in [2.45, 2.75) is 32.2 Å². The van der Waals surface area contributed by atoms with Gasteiger partial charge in [0.2, 0.25) is 0 Å². The molecule has 9 heteroatoms. The number of hydrogen-bond donors (Lipinski definition) is 0. The molecule has 0 aliphatic heterocycles. The average Bonchev–Trinajstić information content (AvgIpc) is 2.58. The summed E-state index contributed by atoms with van der Waals surface area (Å²) in [5.41, 5.74) is -6.46. The van der Waals surface area contributed by atoms with Crippen molar-refractivity contribution >= 4 is 16.1 Å². The fourth-order valence-electron chi connectivity index (χ4n) is 2.73. The highest BCUT2D eigenvalue weighted by Gasteiger charge is 2.49. The topological polar surface area (TPSA) is 69.7 Å². The zero-order valence-corrected chi connectivity index (χ0v) is 15.6. The molecule has 0 radical (unpaired) electrons. The first-order valence-corrected chi connectivity index (χ1v) is 9.55. The molecule has 2 rings (SSSR count). The smallest absolute Gasteiger partial charge is 0.465 e. The first-order valence-electron chi connectivity index (χ1n) is 8.14. The van der Waals surface area contributed by atoms with Crippen LogP contribution in [0.2, 0.25) is 0 Å². The van der Waals surface area contributed by atoms with Gasteiger partial charge >= 0.3 is 21.6 Å². The lowest BCUT2D eigenvalue weighted by Gasteiger charge is -2.28. The molecule has 0 amide bonds. The number of allylic oxidation sites excluding steroid dienone is 2. The van der Waals surface area contributed by atoms with E-state index in [9.17, 15) is 26.4 Å². The number of benzene rings is 1. The van der Waals surface area contributed by atoms with Crippen LogP contribution in [0.1, 0.15) is 24.5 Å². The Morgan fingerprint density at radius 1 is 1.22 bits per heavy atom. The maximum Gasteiger partial charge on any atom is 0.534 e. The Balaban J connectivity index is 2.48. The zero-order valence-electron chi connectivity index (χ0n) is 14.7. The van der Waals surface area contributed by atoms with Crippen molar-refractivity contribution in [3.05, 3.63) is 53.6 Å². The van der Waals surface area contributed by atoms with Gasteiger partial charge in [0, 0.05) is 0 Å². The minimum absolute atomic E-state index is 0.108. The third-order valence-electron chi connectivity index (χ3n) is 4.01. The van der Waals surface area contributed by atoms with Crippen molar-refractivity contribution in [2.75, 3.05) is 6.61 Å². The normalized spacial score (nSPS) is 16.2. The van der Waals surface area contributed by atoms with Crippen molar-refractivity contribution in [1.29, 1.82) is 0 Å². The first kappa shape index (κ1) is 21.0. The Hall–Kier alpha value is -2.29. The second kappa shape index (κ2) is 7.75. The number of halogens is 3. The van der Waals surface area contributed by atoms with E-state index >= 15 is 0 Å². The Morgan fingerprint density at radius 3 is 2.41 bits per heavy atom. The Morgan fingerprint density at radius 2 is 1.85 bits per heavy atom. The molecule has 0 atom stereocenters. The van der Waals surface area contributed by atoms with Gasteiger partial charge in [-0.1, -0.05) is 42.5 Å². The largest absolute Gasteiger partial charge is 0.534 e. The maximum atomic E-state index is 12.7. The van der Waals surface area contributed by atoms with E-state index in [-0.39, 0.29) is 24.2 Å². The lowest BCUT2D eigenvalue weighted by Crippen LogP contribution is -2.33. The summed E-state index contributed by atoms with van der Waals surface area (Å²) in [6.07, 6.45) is 7.17. The number of aryl methyl sites for hydroxylation is 1. The molecule has 0 saturated heterocycles. The summed E-state index contributed by atoms with van der Waals surface area (Å²) in [6, 6.07) is 4.40. The lowest BCUT2D eigenvalue weighted by atomic mass is 9.78. The van der Waals surface area contributed by atoms with Gasteiger partial charge in [-0.25, -0.2) is 0 Å². The molecule has 0 spiro atoms. The number of carbonyl (C=O) groups excluding carboxylic acids is 1. The van der Waals surface area contributed by atoms with Crippen molar-refractivity contribution in [2.24, 2.45) is 5.41 Å². The summed E-state index contributed by atoms with van der Waals surface area (Å²) in [7, 11) is -5.84. The van der Waals surface area contributed by atoms with E-state index in [1.165, 1.54) is 19.1 Å². The SMILES string of the molecule is CCOC(=O)C1(Cc2cccc(C)c2OS(=O)(=O)C(F)(F)F)C=CCC=C1. The first-order chi connectivity index (χ1) is 12.5. The Kier molecular flexibility index (Phi) is 6.04. The highest BCUT2D eigenvalue weighted by molar-refractivity contribution is 7.88. The van der Waals surface area contributed by atoms with E-state index in [0.29, 0.717) is 6.42 Å². The molecule has 0 fully saturated rings. The van der Waals surface area contributed by atoms with Gasteiger partial charge in [-0.05, 0) is 37.8 Å². The van der Waals surface area contributed by atoms with Crippen molar-refractivity contribution < 1.29 is 35.3 Å². The number of esters is 1. The Bertz CT molecular complexity index is 857. The van der Waals surface area contributed by atoms with Crippen LogP contribution in [0.5, 0.6) is 5.75 Å². The van der Waals surface area contributed by atoms with E-state index < -0.39 is 32.8 Å². The molecular weight excluding hydrogens is 385 g/mol. The molecule has 148 valence electrons. The fraction of sp³-hybridized carbons (Fsp3) is 0.389. The molecule has 0 aromatic heterocycles. The summed E-state index contributed by atoms with van der Waals surface area (Å²) in [6.45, 7) is 3.19. The number of hydrogen-bond acceptors (Lipinski definition) is 5. The Labute approximate surface area is 155 Å². The van der Waals surface area contributed by atoms with Crippen LogP contribution in [0.4, 0.5) is 13.2 Å². The number of ether oxygens (including phenoxy) is 1. The second-order valence-corrected chi connectivity index (χ2v) is 7.56. The summed E-state index contributed by atoms with van der Waals surface area (Å²) >= 11 is 0. The van der Waals surface area contributed by atoms with Gasteiger partial charge in [-0.2, -0.15) is 21.6 Å². The summed E-state index contributed by atoms with van der Waals surface area (Å²) in [4.78, 5) is 12.5. The van der Waals surface area contributed by atoms with Crippen molar-refractivity contribution in [3.63, 3.8) is 0 Å². The predicted octanol–water partition coefficient (Wildman–Crippen LogP) is 3.83. The van der Waals surface area contributed by atoms with E-state index in [2.05, 4.69) is 4.18 Å². The van der Waals surface area contributed by atoms with Gasteiger partial charge in [0.15, 0.2) is 0 Å². The van der Waals surface area contributed by atoms with Crippen LogP contribution < -0.4 is 4.18 Å². The molecule has 0 bridgehead atoms. The van der Waals surface area contributed by atoms with Gasteiger partial charge in [-0.3, -0.25) is 4.79 Å². The van der Waals surface area contributed by atoms with Gasteiger partial charge in [0.1, 0.15) is 11.2 Å². The number of rotatable bonds is 6. The molecule has 27 heavy (non-hydrogen) atoms. The van der Waals surface area contributed by atoms with Gasteiger partial charge in [0.05, 0.1) is 6.61 Å². The minimum Gasteiger partial charge on any atom is -0.465 e. The third kappa shape index (κ3) is 4.52. The lowest BCUT2D eigenvalue weighted by molar-refractivity contribution is -0.150. The van der Waals surface area contributed by atoms with Crippen LogP contribution in [0.15, 0.2) is 42.5 Å². The molecule has 5 nitrogen and oxygen atoms in total. The molecule has 0 N–H and O–H groups in total. The molecule has 0 heterocycles. The van der Waals surface area contributed by atoms with Crippen molar-refractivity contribution in [3.8, 4) is 5.75 Å². The minimum atomic E-state index is -5.84. The summed E-state index contributed by atoms with van der Waals surface area (Å²) in [5, 5.41) is 0. The quantitative estimate of drug-likeness (QED) is 0.312. The highest BCUT2D eigenvalue weighted by atomic mass is 32.2. The molecule has 0 unspecified atom stereocenters. The van der Waals surface area contributed by atoms with E-state index in [1.54, 1.807) is 37.3 Å². The average molecular weight is 404 g/mol. The molecule has 0 saturated carbocycles. The highest BCUT2D eigenvalue weighted by Crippen LogP contribution is 2.38. The van der Waals surface area contributed by atoms with Gasteiger partial charge in [0.25, 0.3) is 0 Å². The van der Waals surface area contributed by atoms with Gasteiger partial charge < -0.3 is 8.92 Å². The maximum absolute atomic E-state index is 12.7. The van der Waals surface area contributed by atoms with E-state index in [4.69, 9.17) is 4.74 Å². The van der Waals surface area contributed by atoms with Crippen LogP contribution in [-0.2, 0) is 26.1 Å². The van der Waals surface area contributed by atoms with E-state index in [0.717, 1.165) is 0 Å². The zero-order chi connectivity index (χ0) is 20.3. The van der Waals surface area contributed by atoms with Crippen LogP contribution in [0, 0.1) is 12.3 Å². The molecular formula is C18H19F3O5S. The standard InChI is InChI=1S/C18H19F3O5S/c1-3-25-16(22)17(10-5-4-6-11-17)12-14-9-7-8-13(2)15(14)26-27(23,24)18(19,20)21/h5-11H,3-4,12H2,1-2H3. The van der Waals surface area contributed by atoms with Crippen LogP contribution >= 0.6 is 0 Å². The molecule has 1 aliphatic carbocycles. The van der Waals surface area contributed by atoms with Crippen LogP contribution in [-0.4, -0.2) is 26.5 Å².